The van der Waals surface area contributed by atoms with Gasteiger partial charge in [0.15, 0.2) is 0 Å². The number of nitrogens with one attached hydrogen (secondary N) is 2. The molecule has 130 valence electrons. The summed E-state index contributed by atoms with van der Waals surface area (Å²) in [6.07, 6.45) is 7.27. The molecule has 0 aromatic heterocycles. The summed E-state index contributed by atoms with van der Waals surface area (Å²) < 4.78 is 0. The molecule has 3 N–H and O–H groups in total. The topological polar surface area (TPSA) is 44.3 Å². The van der Waals surface area contributed by atoms with E-state index in [0.717, 1.165) is 25.4 Å². The molecule has 0 spiro atoms. The highest BCUT2D eigenvalue weighted by atomic mass is 16.3. The highest BCUT2D eigenvalue weighted by Crippen LogP contribution is 2.40. The van der Waals surface area contributed by atoms with Gasteiger partial charge in [-0.3, -0.25) is 0 Å². The van der Waals surface area contributed by atoms with Crippen LogP contribution in [0, 0.1) is 5.92 Å². The van der Waals surface area contributed by atoms with Crippen molar-refractivity contribution in [1.29, 1.82) is 0 Å². The number of phenolic OH excluding ortho intramolecular Hbond substituents is 1. The fourth-order valence-corrected chi connectivity index (χ4v) is 4.00. The van der Waals surface area contributed by atoms with E-state index in [2.05, 4.69) is 37.5 Å². The molecule has 0 bridgehead atoms. The van der Waals surface area contributed by atoms with E-state index in [9.17, 15) is 5.11 Å². The van der Waals surface area contributed by atoms with Crippen LogP contribution in [-0.2, 0) is 5.54 Å². The first kappa shape index (κ1) is 18.3. The molecular weight excluding hydrogens is 284 g/mol. The van der Waals surface area contributed by atoms with Gasteiger partial charge in [0.2, 0.25) is 0 Å². The van der Waals surface area contributed by atoms with Gasteiger partial charge in [-0.05, 0) is 62.4 Å². The first-order valence-corrected chi connectivity index (χ1v) is 9.40. The molecule has 0 aliphatic heterocycles. The van der Waals surface area contributed by atoms with Gasteiger partial charge in [0, 0.05) is 6.04 Å². The van der Waals surface area contributed by atoms with Gasteiger partial charge < -0.3 is 15.7 Å². The van der Waals surface area contributed by atoms with Crippen molar-refractivity contribution in [2.24, 2.45) is 5.92 Å². The van der Waals surface area contributed by atoms with E-state index < -0.39 is 0 Å². The summed E-state index contributed by atoms with van der Waals surface area (Å²) in [7, 11) is 0. The molecule has 23 heavy (non-hydrogen) atoms. The summed E-state index contributed by atoms with van der Waals surface area (Å²) in [5.74, 6) is 1.12. The van der Waals surface area contributed by atoms with Gasteiger partial charge in [-0.2, -0.15) is 0 Å². The second kappa shape index (κ2) is 8.70. The van der Waals surface area contributed by atoms with E-state index in [-0.39, 0.29) is 5.54 Å². The van der Waals surface area contributed by atoms with Crippen molar-refractivity contribution < 1.29 is 5.11 Å². The molecule has 1 aromatic rings. The average molecular weight is 319 g/mol. The number of hydrogen-bond acceptors (Lipinski definition) is 3. The molecule has 1 aliphatic rings. The molecule has 0 radical (unpaired) electrons. The molecular formula is C20H34N2O. The molecule has 3 heteroatoms. The van der Waals surface area contributed by atoms with Crippen LogP contribution in [0.25, 0.3) is 0 Å². The summed E-state index contributed by atoms with van der Waals surface area (Å²) in [6.45, 7) is 8.81. The summed E-state index contributed by atoms with van der Waals surface area (Å²) in [6, 6.07) is 8.28. The van der Waals surface area contributed by atoms with Gasteiger partial charge in [-0.1, -0.05) is 45.7 Å². The molecule has 2 rings (SSSR count). The third-order valence-corrected chi connectivity index (χ3v) is 5.30. The molecule has 1 fully saturated rings. The Hall–Kier alpha value is -1.06. The third kappa shape index (κ3) is 4.48. The SMILES string of the molecule is CCCCCNC1(c2cccc(O)c2)CCC(C)CC1NCC. The molecule has 3 nitrogen and oxygen atoms in total. The van der Waals surface area contributed by atoms with Crippen LogP contribution in [0.5, 0.6) is 5.75 Å². The third-order valence-electron chi connectivity index (χ3n) is 5.30. The standard InChI is InChI=1S/C20H34N2O/c1-4-6-7-13-22-20(17-9-8-10-18(23)15-17)12-11-16(3)14-19(20)21-5-2/h8-10,15-16,19,21-23H,4-7,11-14H2,1-3H3. The maximum Gasteiger partial charge on any atom is 0.115 e. The zero-order valence-electron chi connectivity index (χ0n) is 15.1. The normalized spacial score (nSPS) is 28.0. The molecule has 3 atom stereocenters. The van der Waals surface area contributed by atoms with Gasteiger partial charge in [-0.25, -0.2) is 0 Å². The number of hydrogen-bond donors (Lipinski definition) is 3. The van der Waals surface area contributed by atoms with E-state index in [1.165, 1.54) is 37.7 Å². The van der Waals surface area contributed by atoms with Crippen LogP contribution in [0.3, 0.4) is 0 Å². The summed E-state index contributed by atoms with van der Waals surface area (Å²) in [5.41, 5.74) is 1.17. The molecule has 0 saturated heterocycles. The Morgan fingerprint density at radius 1 is 1.26 bits per heavy atom. The maximum atomic E-state index is 9.99. The zero-order chi connectivity index (χ0) is 16.7. The Balaban J connectivity index is 2.28. The summed E-state index contributed by atoms with van der Waals surface area (Å²) in [5, 5.41) is 17.6. The number of likely N-dealkylation sites (N-methyl/N-ethyl adjacent to an activating group) is 1. The van der Waals surface area contributed by atoms with Crippen LogP contribution < -0.4 is 10.6 Å². The van der Waals surface area contributed by atoms with Crippen LogP contribution in [0.15, 0.2) is 24.3 Å². The summed E-state index contributed by atoms with van der Waals surface area (Å²) >= 11 is 0. The lowest BCUT2D eigenvalue weighted by Crippen LogP contribution is -2.60. The number of unbranched alkanes of at least 4 members (excludes halogenated alkanes) is 2. The number of rotatable bonds is 8. The zero-order valence-corrected chi connectivity index (χ0v) is 15.1. The van der Waals surface area contributed by atoms with Crippen molar-refractivity contribution in [3.05, 3.63) is 29.8 Å². The predicted molar refractivity (Wildman–Crippen MR) is 97.8 cm³/mol. The Bertz CT molecular complexity index is 476. The minimum atomic E-state index is -0.0605. The van der Waals surface area contributed by atoms with Gasteiger partial charge in [0.25, 0.3) is 0 Å². The minimum Gasteiger partial charge on any atom is -0.508 e. The molecule has 1 saturated carbocycles. The van der Waals surface area contributed by atoms with Crippen LogP contribution in [0.2, 0.25) is 0 Å². The molecule has 3 unspecified atom stereocenters. The number of aromatic hydroxyl groups is 1. The van der Waals surface area contributed by atoms with Crippen molar-refractivity contribution in [1.82, 2.24) is 10.6 Å². The Morgan fingerprint density at radius 3 is 2.78 bits per heavy atom. The Kier molecular flexibility index (Phi) is 6.91. The van der Waals surface area contributed by atoms with Gasteiger partial charge in [0.05, 0.1) is 5.54 Å². The van der Waals surface area contributed by atoms with E-state index in [4.69, 9.17) is 0 Å². The molecule has 1 aromatic carbocycles. The highest BCUT2D eigenvalue weighted by molar-refractivity contribution is 5.34. The molecule has 0 amide bonds. The van der Waals surface area contributed by atoms with E-state index in [1.807, 2.05) is 12.1 Å². The van der Waals surface area contributed by atoms with Crippen LogP contribution in [0.4, 0.5) is 0 Å². The molecule has 0 heterocycles. The van der Waals surface area contributed by atoms with Crippen molar-refractivity contribution in [3.63, 3.8) is 0 Å². The van der Waals surface area contributed by atoms with Gasteiger partial charge in [-0.15, -0.1) is 0 Å². The van der Waals surface area contributed by atoms with Gasteiger partial charge >= 0.3 is 0 Å². The lowest BCUT2D eigenvalue weighted by atomic mass is 9.69. The van der Waals surface area contributed by atoms with Crippen molar-refractivity contribution in [2.75, 3.05) is 13.1 Å². The molecule has 1 aliphatic carbocycles. The van der Waals surface area contributed by atoms with E-state index in [1.54, 1.807) is 6.07 Å². The quantitative estimate of drug-likeness (QED) is 0.630. The highest BCUT2D eigenvalue weighted by Gasteiger charge is 2.43. The van der Waals surface area contributed by atoms with Crippen molar-refractivity contribution in [3.8, 4) is 5.75 Å². The van der Waals surface area contributed by atoms with Crippen LogP contribution in [0.1, 0.15) is 64.9 Å². The number of phenols is 1. The maximum absolute atomic E-state index is 9.99. The fraction of sp³-hybridized carbons (Fsp3) is 0.700. The van der Waals surface area contributed by atoms with Crippen molar-refractivity contribution in [2.45, 2.75) is 70.9 Å². The monoisotopic (exact) mass is 318 g/mol. The first-order chi connectivity index (χ1) is 11.1. The van der Waals surface area contributed by atoms with E-state index >= 15 is 0 Å². The second-order valence-corrected chi connectivity index (χ2v) is 7.15. The largest absolute Gasteiger partial charge is 0.508 e. The van der Waals surface area contributed by atoms with Crippen molar-refractivity contribution >= 4 is 0 Å². The average Bonchev–Trinajstić information content (AvgIpc) is 2.54. The van der Waals surface area contributed by atoms with E-state index in [0.29, 0.717) is 11.8 Å². The Labute approximate surface area is 141 Å². The predicted octanol–water partition coefficient (Wildman–Crippen LogP) is 4.17. The lowest BCUT2D eigenvalue weighted by molar-refractivity contribution is 0.136. The van der Waals surface area contributed by atoms with Gasteiger partial charge in [0.1, 0.15) is 5.75 Å². The van der Waals surface area contributed by atoms with Crippen LogP contribution >= 0.6 is 0 Å². The summed E-state index contributed by atoms with van der Waals surface area (Å²) in [4.78, 5) is 0. The number of benzene rings is 1. The Morgan fingerprint density at radius 2 is 2.09 bits per heavy atom. The minimum absolute atomic E-state index is 0.0605. The smallest absolute Gasteiger partial charge is 0.115 e. The van der Waals surface area contributed by atoms with Crippen LogP contribution in [-0.4, -0.2) is 24.2 Å². The fourth-order valence-electron chi connectivity index (χ4n) is 4.00. The first-order valence-electron chi connectivity index (χ1n) is 9.40. The second-order valence-electron chi connectivity index (χ2n) is 7.15. The lowest BCUT2D eigenvalue weighted by Gasteiger charge is -2.48.